The largest absolute Gasteiger partial charge is 0.394 e. The van der Waals surface area contributed by atoms with Gasteiger partial charge in [0.2, 0.25) is 0 Å². The number of rotatable bonds is 25. The van der Waals surface area contributed by atoms with Crippen molar-refractivity contribution in [3.8, 4) is 0 Å². The molecule has 0 aromatic carbocycles. The third-order valence-electron chi connectivity index (χ3n) is 8.32. The Morgan fingerprint density at radius 3 is 1.73 bits per heavy atom. The van der Waals surface area contributed by atoms with Crippen LogP contribution in [0.3, 0.4) is 0 Å². The van der Waals surface area contributed by atoms with E-state index in [0.29, 0.717) is 6.42 Å². The normalized spacial score (nSPS) is 26.9. The smallest absolute Gasteiger partial charge is 0.252 e. The van der Waals surface area contributed by atoms with Crippen LogP contribution in [0.15, 0.2) is 0 Å². The van der Waals surface area contributed by atoms with Gasteiger partial charge in [-0.25, -0.2) is 0 Å². The quantitative estimate of drug-likeness (QED) is 0.0454. The maximum atomic E-state index is 12.7. The van der Waals surface area contributed by atoms with Gasteiger partial charge in [-0.1, -0.05) is 84.0 Å². The van der Waals surface area contributed by atoms with Gasteiger partial charge in [-0.05, 0) is 6.42 Å². The molecule has 1 rings (SSSR count). The molecule has 45 heavy (non-hydrogen) atoms. The minimum Gasteiger partial charge on any atom is -0.394 e. The summed E-state index contributed by atoms with van der Waals surface area (Å²) in [5, 5.41) is 113. The molecule has 0 radical (unpaired) electrons. The van der Waals surface area contributed by atoms with Gasteiger partial charge in [-0.15, -0.1) is 0 Å². The number of unbranched alkanes of at least 4 members (excludes halogenated alkanes) is 11. The minimum absolute atomic E-state index is 0.202. The third kappa shape index (κ3) is 14.3. The second-order valence-corrected chi connectivity index (χ2v) is 12.0. The number of carbonyl (C=O) groups is 1. The summed E-state index contributed by atoms with van der Waals surface area (Å²) >= 11 is 0. The Labute approximate surface area is 265 Å². The minimum atomic E-state index is -2.38. The second kappa shape index (κ2) is 23.3. The lowest BCUT2D eigenvalue weighted by Gasteiger charge is -2.42. The molecule has 1 aliphatic heterocycles. The second-order valence-electron chi connectivity index (χ2n) is 12.0. The summed E-state index contributed by atoms with van der Waals surface area (Å²) in [4.78, 5) is 12.7. The molecule has 1 heterocycles. The van der Waals surface area contributed by atoms with Crippen molar-refractivity contribution in [2.45, 2.75) is 164 Å². The highest BCUT2D eigenvalue weighted by Crippen LogP contribution is 2.25. The van der Waals surface area contributed by atoms with Gasteiger partial charge in [0.25, 0.3) is 5.91 Å². The summed E-state index contributed by atoms with van der Waals surface area (Å²) in [6.45, 7) is -0.474. The fourth-order valence-electron chi connectivity index (χ4n) is 5.31. The van der Waals surface area contributed by atoms with E-state index < -0.39 is 99.1 Å². The van der Waals surface area contributed by atoms with E-state index in [1.807, 2.05) is 0 Å². The molecule has 12 unspecified atom stereocenters. The van der Waals surface area contributed by atoms with E-state index in [1.54, 1.807) is 0 Å². The first-order valence-corrected chi connectivity index (χ1v) is 16.3. The van der Waals surface area contributed by atoms with Crippen LogP contribution in [0.5, 0.6) is 0 Å². The predicted molar refractivity (Wildman–Crippen MR) is 160 cm³/mol. The first kappa shape index (κ1) is 42.0. The molecule has 15 heteroatoms. The molecule has 12 N–H and O–H groups in total. The van der Waals surface area contributed by atoms with E-state index >= 15 is 0 Å². The highest BCUT2D eigenvalue weighted by atomic mass is 16.7. The molecule has 1 saturated heterocycles. The molecule has 268 valence electrons. The molecular formula is C30H59NO14. The first-order chi connectivity index (χ1) is 21.4. The van der Waals surface area contributed by atoms with Crippen LogP contribution in [0.25, 0.3) is 0 Å². The van der Waals surface area contributed by atoms with Crippen LogP contribution in [-0.2, 0) is 14.3 Å². The van der Waals surface area contributed by atoms with Crippen molar-refractivity contribution in [2.24, 2.45) is 0 Å². The standard InChI is InChI=1S/C30H59NO14/c1-2-3-4-5-6-7-8-9-10-11-12-13-14-19(35)22(37)18(15-32)31-29(43)26(41)25(40)28(20(36)16-33)45-30-27(42)24(39)23(38)21(17-34)44-30/h18-28,30,32-42H,2-17H2,1H3,(H,31,43). The molecule has 12 atom stereocenters. The van der Waals surface area contributed by atoms with Crippen molar-refractivity contribution in [3.05, 3.63) is 0 Å². The molecule has 0 bridgehead atoms. The van der Waals surface area contributed by atoms with Gasteiger partial charge >= 0.3 is 0 Å². The van der Waals surface area contributed by atoms with Crippen LogP contribution in [-0.4, -0.2) is 155 Å². The lowest BCUT2D eigenvalue weighted by Crippen LogP contribution is -2.62. The SMILES string of the molecule is CCCCCCCCCCCCCCC(O)C(O)C(CO)NC(=O)C(O)C(O)C(OC1OC(CO)C(O)C(O)C1O)C(O)CO. The number of carbonyl (C=O) groups excluding carboxylic acids is 1. The molecular weight excluding hydrogens is 598 g/mol. The fraction of sp³-hybridized carbons (Fsp3) is 0.967. The van der Waals surface area contributed by atoms with Crippen LogP contribution in [0.4, 0.5) is 0 Å². The number of hydrogen-bond donors (Lipinski definition) is 12. The molecule has 1 amide bonds. The summed E-state index contributed by atoms with van der Waals surface area (Å²) in [5.74, 6) is -1.33. The Morgan fingerprint density at radius 1 is 0.711 bits per heavy atom. The number of aliphatic hydroxyl groups is 11. The zero-order valence-electron chi connectivity index (χ0n) is 26.4. The highest BCUT2D eigenvalue weighted by Gasteiger charge is 2.47. The van der Waals surface area contributed by atoms with Gasteiger partial charge in [0, 0.05) is 0 Å². The third-order valence-corrected chi connectivity index (χ3v) is 8.32. The number of ether oxygens (including phenoxy) is 2. The summed E-state index contributed by atoms with van der Waals surface area (Å²) in [6.07, 6.45) is -6.69. The number of amides is 1. The Balaban J connectivity index is 2.58. The number of hydrogen-bond acceptors (Lipinski definition) is 14. The van der Waals surface area contributed by atoms with Crippen molar-refractivity contribution in [1.29, 1.82) is 0 Å². The Hall–Kier alpha value is -1.05. The summed E-state index contributed by atoms with van der Waals surface area (Å²) < 4.78 is 10.4. The van der Waals surface area contributed by atoms with Gasteiger partial charge < -0.3 is 71.0 Å². The van der Waals surface area contributed by atoms with Gasteiger partial charge in [0.15, 0.2) is 12.4 Å². The molecule has 0 aromatic heterocycles. The van der Waals surface area contributed by atoms with E-state index in [4.69, 9.17) is 9.47 Å². The Bertz CT molecular complexity index is 764. The van der Waals surface area contributed by atoms with E-state index in [2.05, 4.69) is 12.2 Å². The molecule has 0 aromatic rings. The summed E-state index contributed by atoms with van der Waals surface area (Å²) in [6, 6.07) is -1.43. The fourth-order valence-corrected chi connectivity index (χ4v) is 5.31. The summed E-state index contributed by atoms with van der Waals surface area (Å²) in [7, 11) is 0. The molecule has 15 nitrogen and oxygen atoms in total. The van der Waals surface area contributed by atoms with Gasteiger partial charge in [0.1, 0.15) is 48.8 Å². The van der Waals surface area contributed by atoms with E-state index in [9.17, 15) is 61.0 Å². The maximum Gasteiger partial charge on any atom is 0.252 e. The zero-order chi connectivity index (χ0) is 33.9. The van der Waals surface area contributed by atoms with Crippen LogP contribution < -0.4 is 5.32 Å². The zero-order valence-corrected chi connectivity index (χ0v) is 26.4. The monoisotopic (exact) mass is 657 g/mol. The van der Waals surface area contributed by atoms with Crippen LogP contribution in [0, 0.1) is 0 Å². The first-order valence-electron chi connectivity index (χ1n) is 16.3. The van der Waals surface area contributed by atoms with Crippen LogP contribution in [0.1, 0.15) is 90.4 Å². The van der Waals surface area contributed by atoms with Crippen molar-refractivity contribution >= 4 is 5.91 Å². The predicted octanol–water partition coefficient (Wildman–Crippen LogP) is -2.46. The molecule has 1 aliphatic rings. The van der Waals surface area contributed by atoms with E-state index in [0.717, 1.165) is 25.7 Å². The lowest BCUT2D eigenvalue weighted by molar-refractivity contribution is -0.326. The average molecular weight is 658 g/mol. The van der Waals surface area contributed by atoms with Gasteiger partial charge in [-0.3, -0.25) is 4.79 Å². The topological polar surface area (TPSA) is 270 Å². The molecule has 1 fully saturated rings. The van der Waals surface area contributed by atoms with Crippen molar-refractivity contribution in [2.75, 3.05) is 19.8 Å². The van der Waals surface area contributed by atoms with Crippen molar-refractivity contribution in [3.63, 3.8) is 0 Å². The average Bonchev–Trinajstić information content (AvgIpc) is 3.04. The summed E-state index contributed by atoms with van der Waals surface area (Å²) in [5.41, 5.74) is 0. The van der Waals surface area contributed by atoms with Crippen LogP contribution >= 0.6 is 0 Å². The Morgan fingerprint density at radius 2 is 1.24 bits per heavy atom. The van der Waals surface area contributed by atoms with Crippen molar-refractivity contribution < 1.29 is 70.4 Å². The number of nitrogens with one attached hydrogen (secondary N) is 1. The highest BCUT2D eigenvalue weighted by molar-refractivity contribution is 5.81. The lowest BCUT2D eigenvalue weighted by atomic mass is 9.97. The van der Waals surface area contributed by atoms with E-state index in [-0.39, 0.29) is 6.42 Å². The Kier molecular flexibility index (Phi) is 21.7. The molecule has 0 spiro atoms. The van der Waals surface area contributed by atoms with Crippen molar-refractivity contribution in [1.82, 2.24) is 5.32 Å². The van der Waals surface area contributed by atoms with Gasteiger partial charge in [-0.2, -0.15) is 0 Å². The van der Waals surface area contributed by atoms with Gasteiger partial charge in [0.05, 0.1) is 32.0 Å². The molecule has 0 saturated carbocycles. The van der Waals surface area contributed by atoms with Crippen LogP contribution in [0.2, 0.25) is 0 Å². The van der Waals surface area contributed by atoms with E-state index in [1.165, 1.54) is 44.9 Å². The molecule has 0 aliphatic carbocycles. The maximum absolute atomic E-state index is 12.7. The number of aliphatic hydroxyl groups excluding tert-OH is 11.